The second-order valence-corrected chi connectivity index (χ2v) is 10.5. The van der Waals surface area contributed by atoms with Crippen molar-refractivity contribution in [1.82, 2.24) is 34.5 Å². The summed E-state index contributed by atoms with van der Waals surface area (Å²) >= 11 is 0. The van der Waals surface area contributed by atoms with Gasteiger partial charge in [-0.1, -0.05) is 11.3 Å². The number of fused-ring (bicyclic) bond motifs is 2. The minimum Gasteiger partial charge on any atom is -0.479 e. The lowest BCUT2D eigenvalue weighted by Gasteiger charge is -2.42. The first-order chi connectivity index (χ1) is 18.8. The Morgan fingerprint density at radius 1 is 1.18 bits per heavy atom. The lowest BCUT2D eigenvalue weighted by molar-refractivity contribution is -0.106. The minimum absolute atomic E-state index is 0.108. The number of alkyl halides is 3. The van der Waals surface area contributed by atoms with E-state index in [2.05, 4.69) is 30.6 Å². The third-order valence-corrected chi connectivity index (χ3v) is 7.94. The van der Waals surface area contributed by atoms with Crippen LogP contribution in [0.1, 0.15) is 25.3 Å². The fourth-order valence-corrected chi connectivity index (χ4v) is 5.69. The zero-order chi connectivity index (χ0) is 26.9. The van der Waals surface area contributed by atoms with E-state index < -0.39 is 30.0 Å². The molecule has 2 saturated heterocycles. The highest BCUT2D eigenvalue weighted by atomic mass is 19.3. The Labute approximate surface area is 219 Å². The lowest BCUT2D eigenvalue weighted by atomic mass is 9.88. The van der Waals surface area contributed by atoms with Gasteiger partial charge in [-0.05, 0) is 24.1 Å². The first kappa shape index (κ1) is 24.5. The number of nitrogens with one attached hydrogen (secondary N) is 1. The van der Waals surface area contributed by atoms with Gasteiger partial charge in [0.1, 0.15) is 17.2 Å². The molecule has 1 aliphatic carbocycles. The van der Waals surface area contributed by atoms with Crippen LogP contribution in [0.4, 0.5) is 23.5 Å². The summed E-state index contributed by atoms with van der Waals surface area (Å²) in [4.78, 5) is 6.52. The zero-order valence-corrected chi connectivity index (χ0v) is 21.0. The van der Waals surface area contributed by atoms with Gasteiger partial charge in [0.05, 0.1) is 55.7 Å². The number of aromatic nitrogens is 6. The molecule has 5 heterocycles. The molecule has 3 aliphatic rings. The number of rotatable bonds is 6. The second kappa shape index (κ2) is 9.01. The van der Waals surface area contributed by atoms with Crippen LogP contribution in [0.15, 0.2) is 24.4 Å². The molecule has 0 radical (unpaired) electrons. The summed E-state index contributed by atoms with van der Waals surface area (Å²) in [7, 11) is 1.41. The fraction of sp³-hybridized carbons (Fsp3) is 0.520. The van der Waals surface area contributed by atoms with Gasteiger partial charge in [0.2, 0.25) is 11.8 Å². The van der Waals surface area contributed by atoms with E-state index in [0.717, 1.165) is 6.54 Å². The van der Waals surface area contributed by atoms with E-state index in [1.807, 2.05) is 0 Å². The van der Waals surface area contributed by atoms with Gasteiger partial charge < -0.3 is 14.8 Å². The molecule has 206 valence electrons. The third kappa shape index (κ3) is 4.16. The number of hydrogen-bond donors (Lipinski definition) is 1. The van der Waals surface area contributed by atoms with E-state index in [9.17, 15) is 8.78 Å². The molecule has 39 heavy (non-hydrogen) atoms. The van der Waals surface area contributed by atoms with E-state index in [1.165, 1.54) is 22.5 Å². The van der Waals surface area contributed by atoms with Gasteiger partial charge in [0.15, 0.2) is 5.82 Å². The molecule has 14 heteroatoms. The van der Waals surface area contributed by atoms with Gasteiger partial charge >= 0.3 is 0 Å². The van der Waals surface area contributed by atoms with Crippen molar-refractivity contribution in [2.75, 3.05) is 38.7 Å². The van der Waals surface area contributed by atoms with Crippen LogP contribution in [-0.4, -0.2) is 92.1 Å². The number of methoxy groups -OCH3 is 1. The van der Waals surface area contributed by atoms with Gasteiger partial charge in [-0.2, -0.15) is 4.98 Å². The van der Waals surface area contributed by atoms with Crippen molar-refractivity contribution in [3.8, 4) is 17.0 Å². The van der Waals surface area contributed by atoms with E-state index in [1.54, 1.807) is 18.2 Å². The number of hydrogen-bond acceptors (Lipinski definition) is 8. The van der Waals surface area contributed by atoms with Crippen molar-refractivity contribution in [3.63, 3.8) is 0 Å². The Morgan fingerprint density at radius 3 is 2.69 bits per heavy atom. The Kier molecular flexibility index (Phi) is 5.67. The van der Waals surface area contributed by atoms with Crippen molar-refractivity contribution in [2.24, 2.45) is 0 Å². The van der Waals surface area contributed by atoms with E-state index >= 15 is 8.78 Å². The Morgan fingerprint density at radius 2 is 2.00 bits per heavy atom. The highest BCUT2D eigenvalue weighted by Gasteiger charge is 2.47. The van der Waals surface area contributed by atoms with Crippen molar-refractivity contribution in [3.05, 3.63) is 30.2 Å². The van der Waals surface area contributed by atoms with Crippen LogP contribution in [0, 0.1) is 5.82 Å². The molecular formula is C25H26F4N8O2. The number of benzene rings is 1. The van der Waals surface area contributed by atoms with Crippen LogP contribution < -0.4 is 10.1 Å². The number of anilines is 1. The number of halogens is 4. The molecular weight excluding hydrogens is 520 g/mol. The molecule has 1 N–H and O–H groups in total. The molecule has 3 aromatic heterocycles. The molecule has 2 aliphatic heterocycles. The minimum atomic E-state index is -2.72. The Balaban J connectivity index is 1.20. The van der Waals surface area contributed by atoms with Crippen molar-refractivity contribution < 1.29 is 27.0 Å². The van der Waals surface area contributed by atoms with Gasteiger partial charge in [0, 0.05) is 25.9 Å². The second-order valence-electron chi connectivity index (χ2n) is 10.5. The molecule has 10 nitrogen and oxygen atoms in total. The maximum atomic E-state index is 15.4. The lowest BCUT2D eigenvalue weighted by Crippen LogP contribution is -2.57. The summed E-state index contributed by atoms with van der Waals surface area (Å²) < 4.78 is 70.9. The molecule has 0 unspecified atom stereocenters. The SMILES string of the molecule is COc1nc(N[C@H]2CCN(C3COC3)C[C@H]2F)nn2cc(F)c(-c3ccc4nnn(C5CC(F)(F)C5)c4c3)c12. The first-order valence-electron chi connectivity index (χ1n) is 12.9. The van der Waals surface area contributed by atoms with Crippen molar-refractivity contribution in [2.45, 2.75) is 49.5 Å². The van der Waals surface area contributed by atoms with E-state index in [-0.39, 0.29) is 41.8 Å². The average Bonchev–Trinajstić information content (AvgIpc) is 3.42. The summed E-state index contributed by atoms with van der Waals surface area (Å²) in [6.07, 6.45) is -0.00318. The summed E-state index contributed by atoms with van der Waals surface area (Å²) in [6, 6.07) is 4.30. The van der Waals surface area contributed by atoms with Crippen LogP contribution >= 0.6 is 0 Å². The number of ether oxygens (including phenoxy) is 2. The molecule has 4 aromatic rings. The van der Waals surface area contributed by atoms with Crippen LogP contribution in [-0.2, 0) is 4.74 Å². The summed E-state index contributed by atoms with van der Waals surface area (Å²) in [5.41, 5.74) is 1.98. The normalized spacial score (nSPS) is 24.1. The molecule has 3 fully saturated rings. The Bertz CT molecular complexity index is 1550. The number of likely N-dealkylation sites (tertiary alicyclic amines) is 1. The maximum absolute atomic E-state index is 15.4. The first-order valence-corrected chi connectivity index (χ1v) is 12.9. The molecule has 7 rings (SSSR count). The third-order valence-electron chi connectivity index (χ3n) is 7.94. The van der Waals surface area contributed by atoms with Crippen LogP contribution in [0.5, 0.6) is 5.88 Å². The highest BCUT2D eigenvalue weighted by Crippen LogP contribution is 2.46. The van der Waals surface area contributed by atoms with Gasteiger partial charge in [0.25, 0.3) is 5.92 Å². The van der Waals surface area contributed by atoms with Crippen molar-refractivity contribution in [1.29, 1.82) is 0 Å². The van der Waals surface area contributed by atoms with Crippen molar-refractivity contribution >= 4 is 22.5 Å². The number of piperidine rings is 1. The molecule has 0 amide bonds. The quantitative estimate of drug-likeness (QED) is 0.368. The molecule has 2 atom stereocenters. The maximum Gasteiger partial charge on any atom is 0.252 e. The molecule has 1 saturated carbocycles. The van der Waals surface area contributed by atoms with E-state index in [0.29, 0.717) is 42.8 Å². The van der Waals surface area contributed by atoms with Crippen LogP contribution in [0.2, 0.25) is 0 Å². The highest BCUT2D eigenvalue weighted by molar-refractivity contribution is 5.89. The van der Waals surface area contributed by atoms with E-state index in [4.69, 9.17) is 9.47 Å². The topological polar surface area (TPSA) is 94.6 Å². The predicted octanol–water partition coefficient (Wildman–Crippen LogP) is 3.48. The average molecular weight is 547 g/mol. The summed E-state index contributed by atoms with van der Waals surface area (Å²) in [5.74, 6) is -3.06. The monoisotopic (exact) mass is 546 g/mol. The molecule has 1 aromatic carbocycles. The fourth-order valence-electron chi connectivity index (χ4n) is 5.69. The molecule has 0 spiro atoms. The summed E-state index contributed by atoms with van der Waals surface area (Å²) in [5, 5.41) is 15.6. The van der Waals surface area contributed by atoms with Gasteiger partial charge in [-0.25, -0.2) is 26.8 Å². The summed E-state index contributed by atoms with van der Waals surface area (Å²) in [6.45, 7) is 2.28. The van der Waals surface area contributed by atoms with Gasteiger partial charge in [-0.3, -0.25) is 4.90 Å². The van der Waals surface area contributed by atoms with Crippen LogP contribution in [0.3, 0.4) is 0 Å². The van der Waals surface area contributed by atoms with Gasteiger partial charge in [-0.15, -0.1) is 10.2 Å². The predicted molar refractivity (Wildman–Crippen MR) is 132 cm³/mol. The largest absolute Gasteiger partial charge is 0.479 e. The Hall–Kier alpha value is -3.52. The smallest absolute Gasteiger partial charge is 0.252 e. The molecule has 0 bridgehead atoms. The standard InChI is InChI=1S/C25H26F4N8O2/c1-38-23-22-21(13-2-3-19-20(6-13)37(34-32-19)14-7-25(28,29)8-14)17(27)10-36(22)33-24(31-23)30-18-4-5-35(9-16(18)26)15-11-39-12-15/h2-3,6,10,14-16,18H,4-5,7-9,11-12H2,1H3,(H,30,33)/t16-,18+/m1/s1. The van der Waals surface area contributed by atoms with Crippen LogP contribution in [0.25, 0.3) is 27.7 Å². The number of nitrogens with zero attached hydrogens (tertiary/aromatic N) is 7. The zero-order valence-electron chi connectivity index (χ0n) is 21.0.